The second-order valence-corrected chi connectivity index (χ2v) is 9.30. The summed E-state index contributed by atoms with van der Waals surface area (Å²) in [6.45, 7) is 0. The summed E-state index contributed by atoms with van der Waals surface area (Å²) in [7, 11) is -9.72. The van der Waals surface area contributed by atoms with Crippen molar-refractivity contribution in [3.8, 4) is 0 Å². The summed E-state index contributed by atoms with van der Waals surface area (Å²) in [5.41, 5.74) is 0. The Labute approximate surface area is 194 Å². The summed E-state index contributed by atoms with van der Waals surface area (Å²) in [5.74, 6) is 0. The average Bonchev–Trinajstić information content (AvgIpc) is 2.48. The minimum atomic E-state index is -3.88. The monoisotopic (exact) mass is 717 g/mol. The molecule has 0 aromatic carbocycles. The van der Waals surface area contributed by atoms with Crippen molar-refractivity contribution in [2.24, 2.45) is 0 Å². The van der Waals surface area contributed by atoms with Gasteiger partial charge in [0.2, 0.25) is 0 Å². The first-order valence-electron chi connectivity index (χ1n) is 4.60. The van der Waals surface area contributed by atoms with Gasteiger partial charge < -0.3 is 29.7 Å². The molecular weight excluding hydrogens is 689 g/mol. The molecule has 0 rings (SSSR count). The normalized spacial score (nSPS) is 9.21. The Morgan fingerprint density at radius 2 is 0.893 bits per heavy atom. The molecule has 3 nitrogen and oxygen atoms in total. The first kappa shape index (κ1) is 57.5. The van der Waals surface area contributed by atoms with Gasteiger partial charge in [0.15, 0.2) is 9.04 Å². The molecule has 0 spiro atoms. The van der Waals surface area contributed by atoms with Crippen LogP contribution in [0.15, 0.2) is 0 Å². The Morgan fingerprint density at radius 3 is 0.893 bits per heavy atom. The first-order valence-corrected chi connectivity index (χ1v) is 10.9. The van der Waals surface area contributed by atoms with Crippen LogP contribution in [-0.2, 0) is 38.3 Å². The van der Waals surface area contributed by atoms with E-state index in [0.717, 1.165) is 32.9 Å². The molecular formula is C8H28F10N3P5Rh2+4. The predicted octanol–water partition coefficient (Wildman–Crippen LogP) is 8.83. The standard InChI is InChI=1S/C2H5F2NP.CH3F4NP2.CH4F3NP2.4CH3.FH.2Rh/c1-5(2)6(3)4;1-6(7(2)3)8(4)5;1-5(6-2)7(3)4;;;;;;;/h1H2,2H3;1H3;6H,1H3;4*1H3;1H;;/q-1;;;4*-1;;2*+3/p+3. The molecule has 0 amide bonds. The largest absolute Gasteiger partial charge is 3.00 e. The third kappa shape index (κ3) is 51.3. The number of hydrogen-bond acceptors (Lipinski definition) is 3. The molecule has 0 aliphatic rings. The maximum absolute atomic E-state index is 11.3. The smallest absolute Gasteiger partial charge is 3.00 e. The molecule has 1 unspecified atom stereocenters. The minimum Gasteiger partial charge on any atom is 3.00 e. The number of hydrogen-bond donors (Lipinski definition) is 0. The van der Waals surface area contributed by atoms with Gasteiger partial charge in [-0.15, -0.1) is 0 Å². The quantitative estimate of drug-likeness (QED) is 0.122. The molecule has 0 aliphatic carbocycles. The van der Waals surface area contributed by atoms with Crippen molar-refractivity contribution >= 4 is 43.8 Å². The Hall–Kier alpha value is 2.58. The van der Waals surface area contributed by atoms with Gasteiger partial charge in [0.05, 0.1) is 11.5 Å². The van der Waals surface area contributed by atoms with E-state index in [9.17, 15) is 41.1 Å². The van der Waals surface area contributed by atoms with Gasteiger partial charge in [-0.1, -0.05) is 4.44 Å². The molecule has 0 fully saturated rings. The zero-order valence-electron chi connectivity index (χ0n) is 16.0. The fourth-order valence-corrected chi connectivity index (χ4v) is 0.862. The zero-order chi connectivity index (χ0) is 19.7. The summed E-state index contributed by atoms with van der Waals surface area (Å²) < 4.78 is 111. The van der Waals surface area contributed by atoms with Crippen molar-refractivity contribution in [3.05, 3.63) is 36.8 Å². The molecule has 0 aliphatic heterocycles. The molecule has 28 heavy (non-hydrogen) atoms. The van der Waals surface area contributed by atoms with Crippen LogP contribution in [0.1, 0.15) is 0 Å². The SMILES string of the molecule is CN(PF)[PH+](F)F.CN([PH+](F)F)[PH+](F)F.[CH2-]N(C)[PH+](F)F.[CH3-].[CH3-].[CH3-].[CH3-].[F][Rh+2].[Rh+3]. The molecule has 184 valence electrons. The Bertz CT molecular complexity index is 231. The van der Waals surface area contributed by atoms with E-state index in [1.165, 1.54) is 7.05 Å². The zero-order valence-corrected chi connectivity index (χ0v) is 24.3. The van der Waals surface area contributed by atoms with E-state index in [1.807, 2.05) is 0 Å². The fourth-order valence-electron chi connectivity index (χ4n) is 0.0958. The summed E-state index contributed by atoms with van der Waals surface area (Å²) in [4.78, 5) is 0. The van der Waals surface area contributed by atoms with Crippen LogP contribution in [0.3, 0.4) is 0 Å². The summed E-state index contributed by atoms with van der Waals surface area (Å²) in [5, 5.41) is 0. The molecule has 0 heterocycles. The Balaban J connectivity index is -0.0000000245. The third-order valence-corrected chi connectivity index (χ3v) is 5.30. The summed E-state index contributed by atoms with van der Waals surface area (Å²) >= 11 is 1.05. The number of nitrogens with zero attached hydrogens (tertiary/aromatic N) is 3. The molecule has 0 aromatic rings. The third-order valence-electron chi connectivity index (χ3n) is 1.18. The topological polar surface area (TPSA) is 9.72 Å². The summed E-state index contributed by atoms with van der Waals surface area (Å²) in [6.07, 6.45) is 0. The fraction of sp³-hybridized carbons (Fsp3) is 0.375. The second kappa shape index (κ2) is 40.0. The van der Waals surface area contributed by atoms with Crippen molar-refractivity contribution in [2.75, 3.05) is 21.1 Å². The van der Waals surface area contributed by atoms with Gasteiger partial charge in [-0.25, -0.2) is 11.2 Å². The molecule has 0 saturated carbocycles. The van der Waals surface area contributed by atoms with Gasteiger partial charge in [-0.3, -0.25) is 4.67 Å². The van der Waals surface area contributed by atoms with Crippen molar-refractivity contribution in [3.63, 3.8) is 0 Å². The maximum Gasteiger partial charge on any atom is 3.00 e. The van der Waals surface area contributed by atoms with Crippen molar-refractivity contribution in [1.82, 2.24) is 13.6 Å². The summed E-state index contributed by atoms with van der Waals surface area (Å²) in [6, 6.07) is 0. The van der Waals surface area contributed by atoms with Crippen LogP contribution in [0.25, 0.3) is 0 Å². The molecule has 0 N–H and O–H groups in total. The molecule has 0 saturated heterocycles. The molecule has 0 radical (unpaired) electrons. The van der Waals surface area contributed by atoms with Crippen molar-refractivity contribution < 1.29 is 79.4 Å². The van der Waals surface area contributed by atoms with Crippen molar-refractivity contribution in [1.29, 1.82) is 0 Å². The van der Waals surface area contributed by atoms with E-state index >= 15 is 0 Å². The minimum absolute atomic E-state index is 0. The van der Waals surface area contributed by atoms with Gasteiger partial charge >= 0.3 is 76.4 Å². The predicted molar refractivity (Wildman–Crippen MR) is 107 cm³/mol. The first-order chi connectivity index (χ1) is 10.4. The maximum atomic E-state index is 11.3. The molecule has 0 aromatic heterocycles. The van der Waals surface area contributed by atoms with Crippen LogP contribution in [0.4, 0.5) is 41.1 Å². The molecule has 1 atom stereocenters. The van der Waals surface area contributed by atoms with Crippen molar-refractivity contribution in [2.45, 2.75) is 0 Å². The van der Waals surface area contributed by atoms with Crippen LogP contribution in [-0.4, -0.2) is 34.7 Å². The van der Waals surface area contributed by atoms with E-state index in [1.54, 1.807) is 0 Å². The van der Waals surface area contributed by atoms with Gasteiger partial charge in [0.1, 0.15) is 0 Å². The Morgan fingerprint density at radius 1 is 0.679 bits per heavy atom. The van der Waals surface area contributed by atoms with Gasteiger partial charge in [-0.05, 0) is 40.6 Å². The average molecular weight is 717 g/mol. The number of rotatable bonds is 5. The molecule has 0 bridgehead atoms. The van der Waals surface area contributed by atoms with Gasteiger partial charge in [-0.2, -0.15) is 0 Å². The van der Waals surface area contributed by atoms with E-state index in [0.29, 0.717) is 9.11 Å². The van der Waals surface area contributed by atoms with E-state index in [-0.39, 0.29) is 53.6 Å². The van der Waals surface area contributed by atoms with E-state index < -0.39 is 43.8 Å². The molecule has 20 heteroatoms. The van der Waals surface area contributed by atoms with Gasteiger partial charge in [0, 0.05) is 7.05 Å². The second-order valence-electron chi connectivity index (χ2n) is 2.86. The van der Waals surface area contributed by atoms with E-state index in [4.69, 9.17) is 0 Å². The number of halogens is 10. The Kier molecular flexibility index (Phi) is 82.1. The van der Waals surface area contributed by atoms with Crippen LogP contribution >= 0.6 is 43.8 Å². The van der Waals surface area contributed by atoms with E-state index in [2.05, 4.69) is 7.05 Å². The van der Waals surface area contributed by atoms with Crippen LogP contribution in [0.2, 0.25) is 0 Å². The van der Waals surface area contributed by atoms with Gasteiger partial charge in [0.25, 0.3) is 0 Å². The van der Waals surface area contributed by atoms with Crippen LogP contribution < -0.4 is 0 Å². The van der Waals surface area contributed by atoms with Crippen LogP contribution in [0, 0.1) is 36.8 Å². The van der Waals surface area contributed by atoms with Crippen LogP contribution in [0.5, 0.6) is 0 Å².